The Morgan fingerprint density at radius 2 is 1.60 bits per heavy atom. The van der Waals surface area contributed by atoms with E-state index in [1.165, 1.54) is 0 Å². The van der Waals surface area contributed by atoms with Crippen molar-refractivity contribution in [3.63, 3.8) is 0 Å². The molecule has 3 rings (SSSR count). The molecule has 0 aliphatic rings. The van der Waals surface area contributed by atoms with Crippen LogP contribution in [0.15, 0.2) is 85.2 Å². The van der Waals surface area contributed by atoms with Crippen LogP contribution in [-0.2, 0) is 24.3 Å². The van der Waals surface area contributed by atoms with E-state index in [0.29, 0.717) is 19.5 Å². The molecule has 1 aromatic heterocycles. The van der Waals surface area contributed by atoms with Gasteiger partial charge < -0.3 is 20.5 Å². The molecule has 0 radical (unpaired) electrons. The quantitative estimate of drug-likeness (QED) is 0.483. The lowest BCUT2D eigenvalue weighted by Crippen LogP contribution is -2.48. The molecule has 6 heteroatoms. The summed E-state index contributed by atoms with van der Waals surface area (Å²) >= 11 is 0. The minimum absolute atomic E-state index is 0.181. The molecule has 0 spiro atoms. The Morgan fingerprint density at radius 1 is 0.933 bits per heavy atom. The number of aromatic nitrogens is 1. The highest BCUT2D eigenvalue weighted by molar-refractivity contribution is 5.67. The van der Waals surface area contributed by atoms with Gasteiger partial charge in [-0.3, -0.25) is 4.98 Å². The summed E-state index contributed by atoms with van der Waals surface area (Å²) in [5.41, 5.74) is 2.96. The second-order valence-corrected chi connectivity index (χ2v) is 7.06. The van der Waals surface area contributed by atoms with Crippen molar-refractivity contribution >= 4 is 6.09 Å². The lowest BCUT2D eigenvalue weighted by molar-refractivity contribution is 0.100. The zero-order chi connectivity index (χ0) is 21.0. The van der Waals surface area contributed by atoms with Crippen LogP contribution >= 0.6 is 0 Å². The summed E-state index contributed by atoms with van der Waals surface area (Å²) in [6.07, 6.45) is 2.66. The maximum atomic E-state index is 12.3. The second kappa shape index (κ2) is 11.7. The molecule has 3 aromatic rings. The van der Waals surface area contributed by atoms with Crippen LogP contribution in [0.5, 0.6) is 0 Å². The number of pyridine rings is 1. The Bertz CT molecular complexity index is 876. The minimum Gasteiger partial charge on any atom is -0.445 e. The van der Waals surface area contributed by atoms with Crippen molar-refractivity contribution in [3.8, 4) is 0 Å². The van der Waals surface area contributed by atoms with Crippen LogP contribution in [-0.4, -0.2) is 34.9 Å². The molecular weight excluding hydrogens is 378 g/mol. The van der Waals surface area contributed by atoms with Gasteiger partial charge in [0, 0.05) is 25.5 Å². The van der Waals surface area contributed by atoms with E-state index in [1.807, 2.05) is 72.8 Å². The van der Waals surface area contributed by atoms with E-state index in [1.54, 1.807) is 12.4 Å². The first kappa shape index (κ1) is 21.5. The van der Waals surface area contributed by atoms with Gasteiger partial charge in [-0.25, -0.2) is 4.79 Å². The van der Waals surface area contributed by atoms with Crippen molar-refractivity contribution in [1.29, 1.82) is 0 Å². The summed E-state index contributed by atoms with van der Waals surface area (Å²) < 4.78 is 5.33. The van der Waals surface area contributed by atoms with Crippen LogP contribution < -0.4 is 10.6 Å². The summed E-state index contributed by atoms with van der Waals surface area (Å²) in [5, 5.41) is 16.8. The fraction of sp³-hybridized carbons (Fsp3) is 0.250. The fourth-order valence-electron chi connectivity index (χ4n) is 3.08. The third-order valence-electron chi connectivity index (χ3n) is 4.68. The summed E-state index contributed by atoms with van der Waals surface area (Å²) in [4.78, 5) is 16.4. The van der Waals surface area contributed by atoms with Gasteiger partial charge in [0.15, 0.2) is 0 Å². The van der Waals surface area contributed by atoms with Crippen LogP contribution in [0.2, 0.25) is 0 Å². The van der Waals surface area contributed by atoms with Crippen molar-refractivity contribution in [2.75, 3.05) is 6.54 Å². The molecule has 1 amide bonds. The SMILES string of the molecule is O=C(N[C@@H](Cc1ccccc1)[C@H](O)CNCc1cccnc1)OCc1ccccc1. The fourth-order valence-corrected chi connectivity index (χ4v) is 3.08. The number of rotatable bonds is 10. The van der Waals surface area contributed by atoms with Crippen molar-refractivity contribution < 1.29 is 14.6 Å². The molecule has 0 fully saturated rings. The minimum atomic E-state index is -0.786. The molecule has 0 saturated carbocycles. The first-order valence-corrected chi connectivity index (χ1v) is 9.99. The predicted molar refractivity (Wildman–Crippen MR) is 116 cm³/mol. The Labute approximate surface area is 176 Å². The van der Waals surface area contributed by atoms with E-state index in [-0.39, 0.29) is 6.61 Å². The number of benzene rings is 2. The smallest absolute Gasteiger partial charge is 0.407 e. The monoisotopic (exact) mass is 405 g/mol. The molecule has 2 aromatic carbocycles. The van der Waals surface area contributed by atoms with E-state index in [0.717, 1.165) is 16.7 Å². The van der Waals surface area contributed by atoms with Crippen LogP contribution in [0, 0.1) is 0 Å². The Morgan fingerprint density at radius 3 is 2.27 bits per heavy atom. The molecule has 0 unspecified atom stereocenters. The predicted octanol–water partition coefficient (Wildman–Crippen LogP) is 3.07. The molecule has 0 aliphatic carbocycles. The van der Waals surface area contributed by atoms with Crippen LogP contribution in [0.3, 0.4) is 0 Å². The lowest BCUT2D eigenvalue weighted by atomic mass is 10.0. The van der Waals surface area contributed by atoms with Crippen molar-refractivity contribution in [2.24, 2.45) is 0 Å². The van der Waals surface area contributed by atoms with Gasteiger partial charge in [-0.05, 0) is 29.2 Å². The van der Waals surface area contributed by atoms with Crippen molar-refractivity contribution in [1.82, 2.24) is 15.6 Å². The number of carbonyl (C=O) groups is 1. The maximum absolute atomic E-state index is 12.3. The summed E-state index contributed by atoms with van der Waals surface area (Å²) in [6.45, 7) is 1.09. The van der Waals surface area contributed by atoms with Crippen LogP contribution in [0.1, 0.15) is 16.7 Å². The van der Waals surface area contributed by atoms with Crippen LogP contribution in [0.4, 0.5) is 4.79 Å². The number of amides is 1. The van der Waals surface area contributed by atoms with Crippen LogP contribution in [0.25, 0.3) is 0 Å². The normalized spacial score (nSPS) is 12.7. The largest absolute Gasteiger partial charge is 0.445 e. The standard InChI is InChI=1S/C24H27N3O3/c28-23(17-26-16-21-12-7-13-25-15-21)22(14-19-8-3-1-4-9-19)27-24(29)30-18-20-10-5-2-6-11-20/h1-13,15,22-23,26,28H,14,16-18H2,(H,27,29)/t22-,23+/m0/s1. The Hall–Kier alpha value is -3.22. The van der Waals surface area contributed by atoms with Gasteiger partial charge >= 0.3 is 6.09 Å². The van der Waals surface area contributed by atoms with E-state index in [4.69, 9.17) is 4.74 Å². The van der Waals surface area contributed by atoms with E-state index in [9.17, 15) is 9.90 Å². The number of alkyl carbamates (subject to hydrolysis) is 1. The van der Waals surface area contributed by atoms with E-state index < -0.39 is 18.2 Å². The van der Waals surface area contributed by atoms with Gasteiger partial charge in [-0.2, -0.15) is 0 Å². The van der Waals surface area contributed by atoms with Gasteiger partial charge in [-0.1, -0.05) is 66.7 Å². The van der Waals surface area contributed by atoms with Crippen molar-refractivity contribution in [3.05, 3.63) is 102 Å². The Balaban J connectivity index is 1.55. The number of nitrogens with zero attached hydrogens (tertiary/aromatic N) is 1. The highest BCUT2D eigenvalue weighted by Crippen LogP contribution is 2.08. The highest BCUT2D eigenvalue weighted by Gasteiger charge is 2.22. The third-order valence-corrected chi connectivity index (χ3v) is 4.68. The molecule has 6 nitrogen and oxygen atoms in total. The number of ether oxygens (including phenoxy) is 1. The number of carbonyl (C=O) groups excluding carboxylic acids is 1. The molecule has 30 heavy (non-hydrogen) atoms. The van der Waals surface area contributed by atoms with Gasteiger partial charge in [0.25, 0.3) is 0 Å². The summed E-state index contributed by atoms with van der Waals surface area (Å²) in [6, 6.07) is 22.6. The number of aliphatic hydroxyl groups excluding tert-OH is 1. The van der Waals surface area contributed by atoms with Crippen molar-refractivity contribution in [2.45, 2.75) is 31.7 Å². The summed E-state index contributed by atoms with van der Waals surface area (Å²) in [5.74, 6) is 0. The van der Waals surface area contributed by atoms with Gasteiger partial charge in [0.2, 0.25) is 0 Å². The first-order chi connectivity index (χ1) is 14.7. The topological polar surface area (TPSA) is 83.5 Å². The first-order valence-electron chi connectivity index (χ1n) is 9.99. The molecule has 156 valence electrons. The molecule has 2 atom stereocenters. The second-order valence-electron chi connectivity index (χ2n) is 7.06. The third kappa shape index (κ3) is 7.31. The van der Waals surface area contributed by atoms with Gasteiger partial charge in [0.05, 0.1) is 12.1 Å². The van der Waals surface area contributed by atoms with E-state index in [2.05, 4.69) is 15.6 Å². The molecule has 0 aliphatic heterocycles. The molecule has 0 bridgehead atoms. The molecular formula is C24H27N3O3. The number of nitrogens with one attached hydrogen (secondary N) is 2. The Kier molecular flexibility index (Phi) is 8.38. The maximum Gasteiger partial charge on any atom is 0.407 e. The number of hydrogen-bond donors (Lipinski definition) is 3. The summed E-state index contributed by atoms with van der Waals surface area (Å²) in [7, 11) is 0. The molecule has 3 N–H and O–H groups in total. The zero-order valence-corrected chi connectivity index (χ0v) is 16.8. The van der Waals surface area contributed by atoms with E-state index >= 15 is 0 Å². The lowest BCUT2D eigenvalue weighted by Gasteiger charge is -2.24. The number of hydrogen-bond acceptors (Lipinski definition) is 5. The molecule has 1 heterocycles. The van der Waals surface area contributed by atoms with Gasteiger partial charge in [0.1, 0.15) is 6.61 Å². The van der Waals surface area contributed by atoms with Gasteiger partial charge in [-0.15, -0.1) is 0 Å². The average molecular weight is 405 g/mol. The highest BCUT2D eigenvalue weighted by atomic mass is 16.5. The zero-order valence-electron chi connectivity index (χ0n) is 16.8. The average Bonchev–Trinajstić information content (AvgIpc) is 2.79. The molecule has 0 saturated heterocycles. The number of aliphatic hydroxyl groups is 1.